The van der Waals surface area contributed by atoms with E-state index in [1.165, 1.54) is 5.56 Å². The van der Waals surface area contributed by atoms with Crippen molar-refractivity contribution in [3.8, 4) is 6.07 Å². The highest BCUT2D eigenvalue weighted by Gasteiger charge is 2.08. The Balaban J connectivity index is 2.23. The molecule has 0 aliphatic carbocycles. The number of nitrogens with one attached hydrogen (secondary N) is 1. The first-order valence-corrected chi connectivity index (χ1v) is 6.03. The van der Waals surface area contributed by atoms with Crippen molar-refractivity contribution in [3.05, 3.63) is 65.2 Å². The lowest BCUT2D eigenvalue weighted by molar-refractivity contribution is 0.882. The SMILES string of the molecule is Cc1c(C#N)cccc1NC(C)c1ccccc1. The Bertz CT molecular complexity index is 567. The van der Waals surface area contributed by atoms with Crippen LogP contribution in [-0.4, -0.2) is 0 Å². The highest BCUT2D eigenvalue weighted by atomic mass is 14.9. The van der Waals surface area contributed by atoms with Gasteiger partial charge in [0.05, 0.1) is 11.6 Å². The third kappa shape index (κ3) is 2.52. The van der Waals surface area contributed by atoms with Gasteiger partial charge in [-0.3, -0.25) is 0 Å². The first kappa shape index (κ1) is 12.2. The Morgan fingerprint density at radius 2 is 1.78 bits per heavy atom. The highest BCUT2D eigenvalue weighted by molar-refractivity contribution is 5.58. The van der Waals surface area contributed by atoms with Gasteiger partial charge in [0.15, 0.2) is 0 Å². The molecule has 2 nitrogen and oxygen atoms in total. The van der Waals surface area contributed by atoms with E-state index in [2.05, 4.69) is 30.4 Å². The van der Waals surface area contributed by atoms with E-state index in [1.54, 1.807) is 0 Å². The van der Waals surface area contributed by atoms with Gasteiger partial charge < -0.3 is 5.32 Å². The van der Waals surface area contributed by atoms with Crippen LogP contribution in [-0.2, 0) is 0 Å². The van der Waals surface area contributed by atoms with Gasteiger partial charge in [0.2, 0.25) is 0 Å². The molecule has 0 saturated carbocycles. The summed E-state index contributed by atoms with van der Waals surface area (Å²) in [6, 6.07) is 18.5. The Kier molecular flexibility index (Phi) is 3.64. The molecular formula is C16H16N2. The fourth-order valence-electron chi connectivity index (χ4n) is 1.97. The molecule has 1 atom stereocenters. The van der Waals surface area contributed by atoms with Crippen LogP contribution in [0, 0.1) is 18.3 Å². The van der Waals surface area contributed by atoms with Crippen molar-refractivity contribution in [2.24, 2.45) is 0 Å². The highest BCUT2D eigenvalue weighted by Crippen LogP contribution is 2.23. The lowest BCUT2D eigenvalue weighted by atomic mass is 10.0. The van der Waals surface area contributed by atoms with Crippen LogP contribution in [0.3, 0.4) is 0 Å². The molecular weight excluding hydrogens is 220 g/mol. The Hall–Kier alpha value is -2.27. The number of hydrogen-bond acceptors (Lipinski definition) is 2. The molecule has 0 heterocycles. The standard InChI is InChI=1S/C16H16N2/c1-12-15(11-17)9-6-10-16(12)18-13(2)14-7-4-3-5-8-14/h3-10,13,18H,1-2H3. The normalized spacial score (nSPS) is 11.6. The van der Waals surface area contributed by atoms with Crippen LogP contribution in [0.1, 0.15) is 29.7 Å². The van der Waals surface area contributed by atoms with Gasteiger partial charge in [0.25, 0.3) is 0 Å². The zero-order chi connectivity index (χ0) is 13.0. The van der Waals surface area contributed by atoms with Gasteiger partial charge in [0.1, 0.15) is 0 Å². The second-order valence-electron chi connectivity index (χ2n) is 4.37. The average Bonchev–Trinajstić information content (AvgIpc) is 2.42. The topological polar surface area (TPSA) is 35.8 Å². The quantitative estimate of drug-likeness (QED) is 0.873. The Labute approximate surface area is 108 Å². The minimum Gasteiger partial charge on any atom is -0.378 e. The molecule has 0 radical (unpaired) electrons. The molecule has 0 bridgehead atoms. The third-order valence-electron chi connectivity index (χ3n) is 3.13. The molecule has 0 aliphatic rings. The van der Waals surface area contributed by atoms with Gasteiger partial charge in [-0.1, -0.05) is 36.4 Å². The summed E-state index contributed by atoms with van der Waals surface area (Å²) in [5.41, 5.74) is 3.98. The van der Waals surface area contributed by atoms with Gasteiger partial charge >= 0.3 is 0 Å². The summed E-state index contributed by atoms with van der Waals surface area (Å²) in [7, 11) is 0. The van der Waals surface area contributed by atoms with Crippen LogP contribution in [0.4, 0.5) is 5.69 Å². The molecule has 2 heteroatoms. The monoisotopic (exact) mass is 236 g/mol. The number of rotatable bonds is 3. The molecule has 0 fully saturated rings. The second kappa shape index (κ2) is 5.37. The van der Waals surface area contributed by atoms with Crippen molar-refractivity contribution in [2.75, 3.05) is 5.32 Å². The number of nitriles is 1. The molecule has 1 unspecified atom stereocenters. The molecule has 0 amide bonds. The summed E-state index contributed by atoms with van der Waals surface area (Å²) in [6.07, 6.45) is 0. The average molecular weight is 236 g/mol. The number of nitrogens with zero attached hydrogens (tertiary/aromatic N) is 1. The van der Waals surface area contributed by atoms with Gasteiger partial charge in [-0.25, -0.2) is 0 Å². The summed E-state index contributed by atoms with van der Waals surface area (Å²) < 4.78 is 0. The Morgan fingerprint density at radius 1 is 1.06 bits per heavy atom. The third-order valence-corrected chi connectivity index (χ3v) is 3.13. The van der Waals surface area contributed by atoms with E-state index in [4.69, 9.17) is 5.26 Å². The predicted molar refractivity (Wildman–Crippen MR) is 74.4 cm³/mol. The molecule has 0 aromatic heterocycles. The molecule has 18 heavy (non-hydrogen) atoms. The van der Waals surface area contributed by atoms with Crippen molar-refractivity contribution in [2.45, 2.75) is 19.9 Å². The maximum atomic E-state index is 9.02. The summed E-state index contributed by atoms with van der Waals surface area (Å²) in [5.74, 6) is 0. The van der Waals surface area contributed by atoms with Gasteiger partial charge in [0, 0.05) is 11.7 Å². The summed E-state index contributed by atoms with van der Waals surface area (Å²) in [5, 5.41) is 12.5. The van der Waals surface area contributed by atoms with Crippen LogP contribution in [0.5, 0.6) is 0 Å². The fraction of sp³-hybridized carbons (Fsp3) is 0.188. The maximum absolute atomic E-state index is 9.02. The van der Waals surface area contributed by atoms with Crippen LogP contribution in [0.2, 0.25) is 0 Å². The molecule has 1 N–H and O–H groups in total. The molecule has 90 valence electrons. The first-order valence-electron chi connectivity index (χ1n) is 6.03. The van der Waals surface area contributed by atoms with Crippen LogP contribution in [0.15, 0.2) is 48.5 Å². The smallest absolute Gasteiger partial charge is 0.0995 e. The number of benzene rings is 2. The van der Waals surface area contributed by atoms with E-state index in [9.17, 15) is 0 Å². The molecule has 0 saturated heterocycles. The van der Waals surface area contributed by atoms with Gasteiger partial charge in [-0.15, -0.1) is 0 Å². The van der Waals surface area contributed by atoms with Crippen molar-refractivity contribution in [1.82, 2.24) is 0 Å². The van der Waals surface area contributed by atoms with Crippen LogP contribution >= 0.6 is 0 Å². The lowest BCUT2D eigenvalue weighted by Gasteiger charge is -2.17. The molecule has 0 spiro atoms. The summed E-state index contributed by atoms with van der Waals surface area (Å²) >= 11 is 0. The largest absolute Gasteiger partial charge is 0.378 e. The van der Waals surface area contributed by atoms with Gasteiger partial charge in [-0.2, -0.15) is 5.26 Å². The molecule has 2 rings (SSSR count). The van der Waals surface area contributed by atoms with E-state index in [0.29, 0.717) is 0 Å². The van der Waals surface area contributed by atoms with E-state index >= 15 is 0 Å². The molecule has 2 aromatic rings. The Morgan fingerprint density at radius 3 is 2.44 bits per heavy atom. The van der Waals surface area contributed by atoms with E-state index in [1.807, 2.05) is 43.3 Å². The van der Waals surface area contributed by atoms with E-state index in [0.717, 1.165) is 16.8 Å². The maximum Gasteiger partial charge on any atom is 0.0995 e. The second-order valence-corrected chi connectivity index (χ2v) is 4.37. The minimum atomic E-state index is 0.221. The van der Waals surface area contributed by atoms with E-state index < -0.39 is 0 Å². The minimum absolute atomic E-state index is 0.221. The first-order chi connectivity index (χ1) is 8.72. The van der Waals surface area contributed by atoms with E-state index in [-0.39, 0.29) is 6.04 Å². The van der Waals surface area contributed by atoms with Crippen molar-refractivity contribution in [3.63, 3.8) is 0 Å². The summed E-state index contributed by atoms with van der Waals surface area (Å²) in [4.78, 5) is 0. The number of hydrogen-bond donors (Lipinski definition) is 1. The predicted octanol–water partition coefficient (Wildman–Crippen LogP) is 4.04. The zero-order valence-corrected chi connectivity index (χ0v) is 10.6. The molecule has 0 aliphatic heterocycles. The van der Waals surface area contributed by atoms with Gasteiger partial charge in [-0.05, 0) is 37.1 Å². The van der Waals surface area contributed by atoms with Crippen molar-refractivity contribution < 1.29 is 0 Å². The number of anilines is 1. The van der Waals surface area contributed by atoms with Crippen LogP contribution < -0.4 is 5.32 Å². The van der Waals surface area contributed by atoms with Crippen molar-refractivity contribution >= 4 is 5.69 Å². The summed E-state index contributed by atoms with van der Waals surface area (Å²) in [6.45, 7) is 4.09. The van der Waals surface area contributed by atoms with Crippen molar-refractivity contribution in [1.29, 1.82) is 5.26 Å². The zero-order valence-electron chi connectivity index (χ0n) is 10.6. The van der Waals surface area contributed by atoms with Crippen LogP contribution in [0.25, 0.3) is 0 Å². The lowest BCUT2D eigenvalue weighted by Crippen LogP contribution is -2.07. The fourth-order valence-corrected chi connectivity index (χ4v) is 1.97. The molecule has 2 aromatic carbocycles.